The first-order valence-electron chi connectivity index (χ1n) is 7.04. The highest BCUT2D eigenvalue weighted by Gasteiger charge is 2.07. The summed E-state index contributed by atoms with van der Waals surface area (Å²) in [7, 11) is 0. The van der Waals surface area contributed by atoms with Crippen LogP contribution < -0.4 is 4.74 Å². The van der Waals surface area contributed by atoms with Crippen molar-refractivity contribution in [2.75, 3.05) is 13.2 Å². The molecule has 0 aliphatic heterocycles. The summed E-state index contributed by atoms with van der Waals surface area (Å²) in [5, 5.41) is 1.19. The topological polar surface area (TPSA) is 23.4 Å². The molecule has 0 aliphatic rings. The lowest BCUT2D eigenvalue weighted by molar-refractivity contribution is 0.142. The smallest absolute Gasteiger partial charge is 0.129 e. The number of aryl methyl sites for hydroxylation is 1. The Bertz CT molecular complexity index is 516. The maximum Gasteiger partial charge on any atom is 0.129 e. The maximum atomic E-state index is 5.85. The van der Waals surface area contributed by atoms with Gasteiger partial charge in [0, 0.05) is 31.3 Å². The van der Waals surface area contributed by atoms with Crippen LogP contribution in [0.1, 0.15) is 27.2 Å². The first-order valence-corrected chi connectivity index (χ1v) is 7.04. The summed E-state index contributed by atoms with van der Waals surface area (Å²) < 4.78 is 13.5. The molecule has 0 fully saturated rings. The Hall–Kier alpha value is -1.48. The molecule has 3 nitrogen and oxygen atoms in total. The fraction of sp³-hybridized carbons (Fsp3) is 0.500. The van der Waals surface area contributed by atoms with Gasteiger partial charge in [-0.2, -0.15) is 0 Å². The van der Waals surface area contributed by atoms with Crippen molar-refractivity contribution < 1.29 is 9.47 Å². The second-order valence-electron chi connectivity index (χ2n) is 4.92. The van der Waals surface area contributed by atoms with E-state index in [0.29, 0.717) is 0 Å². The van der Waals surface area contributed by atoms with Crippen molar-refractivity contribution in [3.8, 4) is 5.75 Å². The Kier molecular flexibility index (Phi) is 4.86. The van der Waals surface area contributed by atoms with Gasteiger partial charge in [0.1, 0.15) is 5.75 Å². The van der Waals surface area contributed by atoms with Crippen molar-refractivity contribution in [1.29, 1.82) is 0 Å². The minimum absolute atomic E-state index is 0.201. The summed E-state index contributed by atoms with van der Waals surface area (Å²) in [6.07, 6.45) is 3.36. The number of aromatic nitrogens is 1. The molecule has 0 atom stereocenters. The van der Waals surface area contributed by atoms with Gasteiger partial charge in [0.25, 0.3) is 0 Å². The molecule has 2 aromatic rings. The van der Waals surface area contributed by atoms with Gasteiger partial charge in [0.2, 0.25) is 0 Å². The molecule has 0 spiro atoms. The molecule has 1 heterocycles. The summed E-state index contributed by atoms with van der Waals surface area (Å²) in [6, 6.07) is 8.36. The lowest BCUT2D eigenvalue weighted by atomic mass is 10.2. The van der Waals surface area contributed by atoms with E-state index >= 15 is 0 Å². The van der Waals surface area contributed by atoms with Crippen LogP contribution >= 0.6 is 0 Å². The lowest BCUT2D eigenvalue weighted by Crippen LogP contribution is -2.06. The van der Waals surface area contributed by atoms with Gasteiger partial charge in [-0.1, -0.05) is 6.07 Å². The number of hydrogen-bond donors (Lipinski definition) is 0. The summed E-state index contributed by atoms with van der Waals surface area (Å²) >= 11 is 0. The number of benzene rings is 1. The minimum Gasteiger partial charge on any atom is -0.490 e. The van der Waals surface area contributed by atoms with Crippen molar-refractivity contribution in [3.63, 3.8) is 0 Å². The second-order valence-corrected chi connectivity index (χ2v) is 4.92. The summed E-state index contributed by atoms with van der Waals surface area (Å²) in [4.78, 5) is 0. The largest absolute Gasteiger partial charge is 0.490 e. The van der Waals surface area contributed by atoms with Crippen LogP contribution in [0.4, 0.5) is 0 Å². The van der Waals surface area contributed by atoms with Gasteiger partial charge in [-0.05, 0) is 45.4 Å². The van der Waals surface area contributed by atoms with Gasteiger partial charge in [-0.25, -0.2) is 0 Å². The average molecular weight is 261 g/mol. The van der Waals surface area contributed by atoms with Gasteiger partial charge < -0.3 is 14.0 Å². The van der Waals surface area contributed by atoms with Crippen LogP contribution in [0.25, 0.3) is 10.9 Å². The molecule has 0 unspecified atom stereocenters. The zero-order valence-electron chi connectivity index (χ0n) is 12.1. The molecule has 0 radical (unpaired) electrons. The Labute approximate surface area is 115 Å². The third-order valence-corrected chi connectivity index (χ3v) is 3.03. The van der Waals surface area contributed by atoms with Crippen LogP contribution in [0.3, 0.4) is 0 Å². The molecule has 1 aromatic heterocycles. The maximum absolute atomic E-state index is 5.85. The van der Waals surface area contributed by atoms with E-state index in [-0.39, 0.29) is 6.10 Å². The van der Waals surface area contributed by atoms with Crippen molar-refractivity contribution in [3.05, 3.63) is 30.5 Å². The molecule has 0 bridgehead atoms. The van der Waals surface area contributed by atoms with Gasteiger partial charge >= 0.3 is 0 Å². The van der Waals surface area contributed by atoms with E-state index in [9.17, 15) is 0 Å². The molecule has 0 saturated carbocycles. The Balaban J connectivity index is 2.14. The average Bonchev–Trinajstić information content (AvgIpc) is 2.79. The Morgan fingerprint density at radius 2 is 2.05 bits per heavy atom. The van der Waals surface area contributed by atoms with E-state index in [0.717, 1.165) is 31.9 Å². The molecule has 19 heavy (non-hydrogen) atoms. The van der Waals surface area contributed by atoms with Crippen molar-refractivity contribution in [2.45, 2.75) is 39.8 Å². The van der Waals surface area contributed by atoms with Gasteiger partial charge in [0.05, 0.1) is 11.6 Å². The summed E-state index contributed by atoms with van der Waals surface area (Å²) in [6.45, 7) is 8.72. The van der Waals surface area contributed by atoms with Gasteiger partial charge in [-0.15, -0.1) is 0 Å². The number of hydrogen-bond acceptors (Lipinski definition) is 2. The van der Waals surface area contributed by atoms with Crippen molar-refractivity contribution in [2.24, 2.45) is 0 Å². The molecule has 0 N–H and O–H groups in total. The molecule has 104 valence electrons. The molecule has 1 aromatic carbocycles. The first-order chi connectivity index (χ1) is 9.22. The van der Waals surface area contributed by atoms with E-state index in [1.807, 2.05) is 13.0 Å². The summed E-state index contributed by atoms with van der Waals surface area (Å²) in [5.41, 5.74) is 1.23. The Morgan fingerprint density at radius 3 is 2.79 bits per heavy atom. The highest BCUT2D eigenvalue weighted by molar-refractivity contribution is 5.86. The lowest BCUT2D eigenvalue weighted by Gasteiger charge is -2.11. The number of nitrogens with zero attached hydrogens (tertiary/aromatic N) is 1. The molecular formula is C16H23NO2. The van der Waals surface area contributed by atoms with Crippen LogP contribution in [0, 0.1) is 0 Å². The molecule has 2 rings (SSSR count). The minimum atomic E-state index is 0.201. The monoisotopic (exact) mass is 261 g/mol. The number of ether oxygens (including phenoxy) is 2. The zero-order valence-corrected chi connectivity index (χ0v) is 12.1. The van der Waals surface area contributed by atoms with Gasteiger partial charge in [0.15, 0.2) is 0 Å². The SMILES string of the molecule is CCOCCCn1ccc2c(OC(C)C)cccc21. The second kappa shape index (κ2) is 6.62. The highest BCUT2D eigenvalue weighted by Crippen LogP contribution is 2.27. The molecule has 0 amide bonds. The fourth-order valence-electron chi connectivity index (χ4n) is 2.23. The van der Waals surface area contributed by atoms with Crippen molar-refractivity contribution in [1.82, 2.24) is 4.57 Å². The van der Waals surface area contributed by atoms with Crippen LogP contribution in [-0.4, -0.2) is 23.9 Å². The normalized spacial score (nSPS) is 11.4. The fourth-order valence-corrected chi connectivity index (χ4v) is 2.23. The van der Waals surface area contributed by atoms with Crippen LogP contribution in [0.5, 0.6) is 5.75 Å². The van der Waals surface area contributed by atoms with Crippen molar-refractivity contribution >= 4 is 10.9 Å². The van der Waals surface area contributed by atoms with E-state index < -0.39 is 0 Å². The van der Waals surface area contributed by atoms with Crippen LogP contribution in [0.15, 0.2) is 30.5 Å². The number of rotatable bonds is 7. The predicted octanol–water partition coefficient (Wildman–Crippen LogP) is 3.86. The van der Waals surface area contributed by atoms with Crippen LogP contribution in [0.2, 0.25) is 0 Å². The van der Waals surface area contributed by atoms with E-state index in [1.54, 1.807) is 0 Å². The van der Waals surface area contributed by atoms with E-state index in [2.05, 4.69) is 42.8 Å². The molecule has 0 aliphatic carbocycles. The first kappa shape index (κ1) is 13.9. The third kappa shape index (κ3) is 3.51. The number of fused-ring (bicyclic) bond motifs is 1. The molecular weight excluding hydrogens is 238 g/mol. The van der Waals surface area contributed by atoms with E-state index in [1.165, 1.54) is 10.9 Å². The highest BCUT2D eigenvalue weighted by atomic mass is 16.5. The van der Waals surface area contributed by atoms with Crippen LogP contribution in [-0.2, 0) is 11.3 Å². The molecule has 3 heteroatoms. The van der Waals surface area contributed by atoms with Gasteiger partial charge in [-0.3, -0.25) is 0 Å². The Morgan fingerprint density at radius 1 is 1.21 bits per heavy atom. The quantitative estimate of drug-likeness (QED) is 0.707. The predicted molar refractivity (Wildman–Crippen MR) is 78.8 cm³/mol. The van der Waals surface area contributed by atoms with E-state index in [4.69, 9.17) is 9.47 Å². The standard InChI is InChI=1S/C16H23NO2/c1-4-18-12-6-10-17-11-9-14-15(17)7-5-8-16(14)19-13(2)3/h5,7-9,11,13H,4,6,10,12H2,1-3H3. The zero-order chi connectivity index (χ0) is 13.7. The third-order valence-electron chi connectivity index (χ3n) is 3.03. The molecule has 0 saturated heterocycles. The summed E-state index contributed by atoms with van der Waals surface area (Å²) in [5.74, 6) is 0.969.